The number of hydrogen-bond acceptors (Lipinski definition) is 4. The van der Waals surface area contributed by atoms with Crippen molar-refractivity contribution < 1.29 is 24.2 Å². The molecule has 3 rings (SSSR count). The number of benzene rings is 2. The van der Waals surface area contributed by atoms with Crippen molar-refractivity contribution in [3.05, 3.63) is 58.7 Å². The van der Waals surface area contributed by atoms with Gasteiger partial charge in [0.15, 0.2) is 0 Å². The van der Waals surface area contributed by atoms with Crippen LogP contribution in [0.2, 0.25) is 0 Å². The third-order valence-electron chi connectivity index (χ3n) is 4.92. The van der Waals surface area contributed by atoms with Crippen LogP contribution in [0.3, 0.4) is 0 Å². The Morgan fingerprint density at radius 1 is 1.18 bits per heavy atom. The predicted molar refractivity (Wildman–Crippen MR) is 105 cm³/mol. The number of aliphatic carboxylic acids is 1. The summed E-state index contributed by atoms with van der Waals surface area (Å²) in [5.41, 5.74) is 4.22. The number of ether oxygens (including phenoxy) is 2. The van der Waals surface area contributed by atoms with E-state index in [4.69, 9.17) is 14.6 Å². The number of carbonyl (C=O) groups excluding carboxylic acids is 1. The molecular weight excluding hydrogens is 358 g/mol. The van der Waals surface area contributed by atoms with Gasteiger partial charge in [-0.1, -0.05) is 18.2 Å². The molecule has 0 aromatic heterocycles. The van der Waals surface area contributed by atoms with Crippen LogP contribution in [-0.4, -0.2) is 30.2 Å². The first-order valence-electron chi connectivity index (χ1n) is 9.39. The maximum Gasteiger partial charge on any atom is 0.303 e. The van der Waals surface area contributed by atoms with Gasteiger partial charge in [0.05, 0.1) is 6.61 Å². The third-order valence-corrected chi connectivity index (χ3v) is 4.92. The average molecular weight is 383 g/mol. The van der Waals surface area contributed by atoms with E-state index in [2.05, 4.69) is 5.32 Å². The van der Waals surface area contributed by atoms with E-state index in [-0.39, 0.29) is 18.2 Å². The normalized spacial score (nSPS) is 14.9. The van der Waals surface area contributed by atoms with Crippen molar-refractivity contribution in [2.24, 2.45) is 0 Å². The van der Waals surface area contributed by atoms with Gasteiger partial charge in [-0.05, 0) is 55.2 Å². The molecule has 148 valence electrons. The summed E-state index contributed by atoms with van der Waals surface area (Å²) in [6.45, 7) is 5.23. The molecule has 0 spiro atoms. The molecule has 1 atom stereocenters. The van der Waals surface area contributed by atoms with E-state index in [1.165, 1.54) is 0 Å². The number of carboxylic acid groups (broad SMARTS) is 1. The van der Waals surface area contributed by atoms with Crippen LogP contribution in [0.5, 0.6) is 11.5 Å². The highest BCUT2D eigenvalue weighted by molar-refractivity contribution is 5.85. The first-order chi connectivity index (χ1) is 13.4. The SMILES string of the molecule is Cc1cc2c(cc1C)C(C(=O)NCc1ccc(OCCCC(=O)O)cc1)CO2. The molecule has 0 fully saturated rings. The van der Waals surface area contributed by atoms with Crippen LogP contribution in [-0.2, 0) is 16.1 Å². The largest absolute Gasteiger partial charge is 0.494 e. The number of carboxylic acids is 1. The Morgan fingerprint density at radius 2 is 1.89 bits per heavy atom. The maximum absolute atomic E-state index is 12.6. The lowest BCUT2D eigenvalue weighted by Gasteiger charge is -2.12. The molecule has 6 heteroatoms. The molecule has 6 nitrogen and oxygen atoms in total. The Labute approximate surface area is 164 Å². The second-order valence-corrected chi connectivity index (χ2v) is 7.05. The number of hydrogen-bond donors (Lipinski definition) is 2. The number of amides is 1. The molecule has 0 aliphatic carbocycles. The van der Waals surface area contributed by atoms with Gasteiger partial charge in [-0.25, -0.2) is 0 Å². The van der Waals surface area contributed by atoms with Crippen LogP contribution >= 0.6 is 0 Å². The summed E-state index contributed by atoms with van der Waals surface area (Å²) < 4.78 is 11.2. The zero-order valence-electron chi connectivity index (χ0n) is 16.2. The van der Waals surface area contributed by atoms with Gasteiger partial charge in [-0.3, -0.25) is 9.59 Å². The summed E-state index contributed by atoms with van der Waals surface area (Å²) in [5, 5.41) is 11.6. The van der Waals surface area contributed by atoms with Gasteiger partial charge in [0, 0.05) is 18.5 Å². The monoisotopic (exact) mass is 383 g/mol. The number of rotatable bonds is 8. The molecule has 28 heavy (non-hydrogen) atoms. The van der Waals surface area contributed by atoms with Gasteiger partial charge in [0.25, 0.3) is 0 Å². The maximum atomic E-state index is 12.6. The van der Waals surface area contributed by atoms with Crippen molar-refractivity contribution in [2.45, 2.75) is 39.2 Å². The van der Waals surface area contributed by atoms with Crippen LogP contribution in [0.1, 0.15) is 41.0 Å². The molecule has 1 amide bonds. The summed E-state index contributed by atoms with van der Waals surface area (Å²) in [6, 6.07) is 11.5. The molecule has 2 aromatic carbocycles. The highest BCUT2D eigenvalue weighted by Gasteiger charge is 2.30. The van der Waals surface area contributed by atoms with Crippen molar-refractivity contribution in [3.63, 3.8) is 0 Å². The Kier molecular flexibility index (Phi) is 6.19. The second kappa shape index (κ2) is 8.78. The minimum absolute atomic E-state index is 0.0454. The molecule has 0 bridgehead atoms. The molecule has 1 aliphatic rings. The van der Waals surface area contributed by atoms with Crippen molar-refractivity contribution in [3.8, 4) is 11.5 Å². The first-order valence-corrected chi connectivity index (χ1v) is 9.39. The van der Waals surface area contributed by atoms with Crippen molar-refractivity contribution in [2.75, 3.05) is 13.2 Å². The molecule has 0 saturated carbocycles. The van der Waals surface area contributed by atoms with Crippen LogP contribution in [0, 0.1) is 13.8 Å². The minimum atomic E-state index is -0.824. The summed E-state index contributed by atoms with van der Waals surface area (Å²) >= 11 is 0. The van der Waals surface area contributed by atoms with Crippen LogP contribution in [0.4, 0.5) is 0 Å². The number of aryl methyl sites for hydroxylation is 2. The van der Waals surface area contributed by atoms with E-state index < -0.39 is 5.97 Å². The Bertz CT molecular complexity index is 860. The molecule has 0 saturated heterocycles. The lowest BCUT2D eigenvalue weighted by Crippen LogP contribution is -2.29. The summed E-state index contributed by atoms with van der Waals surface area (Å²) in [6.07, 6.45) is 0.564. The average Bonchev–Trinajstić information content (AvgIpc) is 3.07. The lowest BCUT2D eigenvalue weighted by atomic mass is 9.96. The highest BCUT2D eigenvalue weighted by atomic mass is 16.5. The predicted octanol–water partition coefficient (Wildman–Crippen LogP) is 3.34. The zero-order chi connectivity index (χ0) is 20.1. The topological polar surface area (TPSA) is 84.9 Å². The Morgan fingerprint density at radius 3 is 2.61 bits per heavy atom. The molecule has 2 N–H and O–H groups in total. The fourth-order valence-electron chi connectivity index (χ4n) is 3.12. The van der Waals surface area contributed by atoms with Crippen molar-refractivity contribution in [1.29, 1.82) is 0 Å². The van der Waals surface area contributed by atoms with Gasteiger partial charge in [-0.15, -0.1) is 0 Å². The van der Waals surface area contributed by atoms with Crippen LogP contribution in [0.15, 0.2) is 36.4 Å². The standard InChI is InChI=1S/C22H25NO5/c1-14-10-18-19(13-28-20(18)11-15(14)2)22(26)23-12-16-5-7-17(8-6-16)27-9-3-4-21(24)25/h5-8,10-11,19H,3-4,9,12-13H2,1-2H3,(H,23,26)(H,24,25). The second-order valence-electron chi connectivity index (χ2n) is 7.05. The molecule has 1 unspecified atom stereocenters. The van der Waals surface area contributed by atoms with Crippen molar-refractivity contribution >= 4 is 11.9 Å². The van der Waals surface area contributed by atoms with E-state index in [0.717, 1.165) is 28.0 Å². The zero-order valence-corrected chi connectivity index (χ0v) is 16.2. The third kappa shape index (κ3) is 4.82. The number of fused-ring (bicyclic) bond motifs is 1. The van der Waals surface area contributed by atoms with E-state index >= 15 is 0 Å². The molecular formula is C22H25NO5. The Hall–Kier alpha value is -3.02. The van der Waals surface area contributed by atoms with E-state index in [9.17, 15) is 9.59 Å². The summed E-state index contributed by atoms with van der Waals surface area (Å²) in [5.74, 6) is 0.328. The quantitative estimate of drug-likeness (QED) is 0.683. The van der Waals surface area contributed by atoms with Gasteiger partial charge in [0.1, 0.15) is 24.0 Å². The molecule has 2 aromatic rings. The lowest BCUT2D eigenvalue weighted by molar-refractivity contribution is -0.137. The molecule has 1 aliphatic heterocycles. The van der Waals surface area contributed by atoms with Gasteiger partial charge >= 0.3 is 5.97 Å². The first kappa shape index (κ1) is 19.7. The Balaban J connectivity index is 1.50. The number of carbonyl (C=O) groups is 2. The summed E-state index contributed by atoms with van der Waals surface area (Å²) in [4.78, 5) is 23.1. The van der Waals surface area contributed by atoms with Crippen molar-refractivity contribution in [1.82, 2.24) is 5.32 Å². The van der Waals surface area contributed by atoms with E-state index in [1.54, 1.807) is 0 Å². The highest BCUT2D eigenvalue weighted by Crippen LogP contribution is 2.36. The minimum Gasteiger partial charge on any atom is -0.494 e. The number of nitrogens with one attached hydrogen (secondary N) is 1. The molecule has 0 radical (unpaired) electrons. The van der Waals surface area contributed by atoms with Gasteiger partial charge in [0.2, 0.25) is 5.91 Å². The van der Waals surface area contributed by atoms with Gasteiger partial charge in [-0.2, -0.15) is 0 Å². The van der Waals surface area contributed by atoms with E-state index in [0.29, 0.717) is 31.9 Å². The molecule has 1 heterocycles. The van der Waals surface area contributed by atoms with E-state index in [1.807, 2.05) is 50.2 Å². The van der Waals surface area contributed by atoms with Crippen LogP contribution in [0.25, 0.3) is 0 Å². The fourth-order valence-corrected chi connectivity index (χ4v) is 3.12. The smallest absolute Gasteiger partial charge is 0.303 e. The summed E-state index contributed by atoms with van der Waals surface area (Å²) in [7, 11) is 0. The fraction of sp³-hybridized carbons (Fsp3) is 0.364. The van der Waals surface area contributed by atoms with Crippen LogP contribution < -0.4 is 14.8 Å². The van der Waals surface area contributed by atoms with Gasteiger partial charge < -0.3 is 19.9 Å².